The number of nitrogens with zero attached hydrogens (tertiary/aromatic N) is 1. The van der Waals surface area contributed by atoms with Crippen molar-refractivity contribution in [1.29, 1.82) is 0 Å². The van der Waals surface area contributed by atoms with Crippen molar-refractivity contribution in [3.63, 3.8) is 0 Å². The molecule has 37 heavy (non-hydrogen) atoms. The van der Waals surface area contributed by atoms with Gasteiger partial charge in [0, 0.05) is 37.1 Å². The molecule has 3 N–H and O–H groups in total. The van der Waals surface area contributed by atoms with E-state index in [1.807, 2.05) is 48.5 Å². The van der Waals surface area contributed by atoms with Crippen LogP contribution in [-0.4, -0.2) is 52.7 Å². The molecule has 0 bridgehead atoms. The van der Waals surface area contributed by atoms with Crippen molar-refractivity contribution >= 4 is 17.6 Å². The third kappa shape index (κ3) is 8.36. The highest BCUT2D eigenvalue weighted by Gasteiger charge is 2.33. The first-order valence-corrected chi connectivity index (χ1v) is 13.3. The molecule has 2 heterocycles. The number of aliphatic hydroxyl groups excluding tert-OH is 1. The quantitative estimate of drug-likeness (QED) is 0.373. The van der Waals surface area contributed by atoms with Gasteiger partial charge in [-0.3, -0.25) is 9.59 Å². The number of hydrogen-bond donors (Lipinski definition) is 3. The van der Waals surface area contributed by atoms with Crippen LogP contribution in [0, 0.1) is 0 Å². The minimum atomic E-state index is -0.842. The fourth-order valence-corrected chi connectivity index (χ4v) is 4.97. The van der Waals surface area contributed by atoms with Gasteiger partial charge in [-0.15, -0.1) is 0 Å². The van der Waals surface area contributed by atoms with E-state index in [9.17, 15) is 14.7 Å². The van der Waals surface area contributed by atoms with Crippen LogP contribution in [0.5, 0.6) is 0 Å². The van der Waals surface area contributed by atoms with Crippen molar-refractivity contribution in [3.8, 4) is 0 Å². The summed E-state index contributed by atoms with van der Waals surface area (Å²) in [6.45, 7) is 3.10. The third-order valence-corrected chi connectivity index (χ3v) is 7.04. The molecule has 0 radical (unpaired) electrons. The molecule has 3 atom stereocenters. The lowest BCUT2D eigenvalue weighted by atomic mass is 9.99. The predicted molar refractivity (Wildman–Crippen MR) is 140 cm³/mol. The van der Waals surface area contributed by atoms with Crippen LogP contribution < -0.4 is 5.32 Å². The lowest BCUT2D eigenvalue weighted by Gasteiger charge is -2.39. The van der Waals surface area contributed by atoms with Crippen molar-refractivity contribution < 1.29 is 29.3 Å². The predicted octanol–water partition coefficient (Wildman–Crippen LogP) is 4.79. The lowest BCUT2D eigenvalue weighted by molar-refractivity contribution is -0.253. The van der Waals surface area contributed by atoms with E-state index < -0.39 is 12.3 Å². The summed E-state index contributed by atoms with van der Waals surface area (Å²) in [5.41, 5.74) is 3.52. The summed E-state index contributed by atoms with van der Waals surface area (Å²) in [5.74, 6) is -0.970. The lowest BCUT2D eigenvalue weighted by Crippen LogP contribution is -2.41. The zero-order valence-electron chi connectivity index (χ0n) is 21.3. The first-order chi connectivity index (χ1) is 18.0. The fraction of sp³-hybridized carbons (Fsp3) is 0.517. The van der Waals surface area contributed by atoms with Gasteiger partial charge in [0.2, 0.25) is 5.91 Å². The minimum Gasteiger partial charge on any atom is -0.481 e. The average molecular weight is 511 g/mol. The van der Waals surface area contributed by atoms with Crippen LogP contribution in [0.1, 0.15) is 80.5 Å². The van der Waals surface area contributed by atoms with E-state index in [-0.39, 0.29) is 31.1 Å². The Morgan fingerprint density at radius 3 is 2.24 bits per heavy atom. The van der Waals surface area contributed by atoms with Gasteiger partial charge in [-0.2, -0.15) is 0 Å². The zero-order valence-corrected chi connectivity index (χ0v) is 21.3. The highest BCUT2D eigenvalue weighted by atomic mass is 16.7. The summed E-state index contributed by atoms with van der Waals surface area (Å²) in [4.78, 5) is 25.3. The summed E-state index contributed by atoms with van der Waals surface area (Å²) < 4.78 is 12.9. The van der Waals surface area contributed by atoms with E-state index in [4.69, 9.17) is 14.6 Å². The van der Waals surface area contributed by atoms with Crippen molar-refractivity contribution in [2.45, 2.75) is 76.5 Å². The Hall–Kier alpha value is -2.78. The van der Waals surface area contributed by atoms with Crippen LogP contribution in [0.3, 0.4) is 0 Å². The number of piperidine rings is 1. The number of likely N-dealkylation sites (tertiary alicyclic amines) is 1. The molecule has 2 fully saturated rings. The molecule has 4 rings (SSSR count). The Labute approximate surface area is 218 Å². The smallest absolute Gasteiger partial charge is 0.303 e. The Balaban J connectivity index is 1.40. The summed E-state index contributed by atoms with van der Waals surface area (Å²) in [7, 11) is 0. The normalized spacial score (nSPS) is 22.5. The van der Waals surface area contributed by atoms with E-state index in [2.05, 4.69) is 10.2 Å². The summed E-state index contributed by atoms with van der Waals surface area (Å²) in [6.07, 6.45) is 5.30. The van der Waals surface area contributed by atoms with Crippen LogP contribution in [0.2, 0.25) is 0 Å². The number of carbonyl (C=O) groups is 2. The van der Waals surface area contributed by atoms with E-state index in [0.717, 1.165) is 42.7 Å². The highest BCUT2D eigenvalue weighted by molar-refractivity contribution is 5.90. The Kier molecular flexibility index (Phi) is 10.1. The number of amides is 1. The third-order valence-electron chi connectivity index (χ3n) is 7.04. The summed E-state index contributed by atoms with van der Waals surface area (Å²) in [6, 6.07) is 15.4. The molecule has 2 aliphatic rings. The molecule has 0 aliphatic carbocycles. The molecule has 1 amide bonds. The number of nitrogens with one attached hydrogen (secondary N) is 1. The van der Waals surface area contributed by atoms with E-state index >= 15 is 0 Å². The van der Waals surface area contributed by atoms with Gasteiger partial charge in [0.15, 0.2) is 6.29 Å². The van der Waals surface area contributed by atoms with Gasteiger partial charge in [0.1, 0.15) is 0 Å². The molecule has 2 aromatic carbocycles. The van der Waals surface area contributed by atoms with Crippen molar-refractivity contribution in [2.75, 3.05) is 25.0 Å². The number of unbranched alkanes of at least 4 members (excludes halogenated alkanes) is 1. The van der Waals surface area contributed by atoms with Gasteiger partial charge in [0.25, 0.3) is 0 Å². The summed E-state index contributed by atoms with van der Waals surface area (Å²) in [5, 5.41) is 21.0. The molecule has 0 saturated carbocycles. The fourth-order valence-electron chi connectivity index (χ4n) is 4.97. The molecule has 8 heteroatoms. The maximum atomic E-state index is 12.2. The number of anilines is 1. The van der Waals surface area contributed by atoms with Crippen LogP contribution in [0.15, 0.2) is 48.5 Å². The SMILES string of the molecule is O=C(O)CCCCC(=O)Nc1ccc(C2OC(CN3CCCCC3)CC(c3ccc(CO)cc3)O2)cc1. The average Bonchev–Trinajstić information content (AvgIpc) is 2.92. The monoisotopic (exact) mass is 510 g/mol. The number of benzene rings is 2. The molecule has 0 aromatic heterocycles. The topological polar surface area (TPSA) is 108 Å². The number of carboxylic acids is 1. The molecule has 2 saturated heterocycles. The van der Waals surface area contributed by atoms with Crippen molar-refractivity contribution in [3.05, 3.63) is 65.2 Å². The van der Waals surface area contributed by atoms with E-state index in [1.165, 1.54) is 19.3 Å². The first kappa shape index (κ1) is 27.3. The van der Waals surface area contributed by atoms with E-state index in [1.54, 1.807) is 0 Å². The van der Waals surface area contributed by atoms with Gasteiger partial charge in [-0.25, -0.2) is 0 Å². The number of carbonyl (C=O) groups excluding carboxylic acids is 1. The molecular formula is C29H38N2O6. The Morgan fingerprint density at radius 2 is 1.57 bits per heavy atom. The van der Waals surface area contributed by atoms with Gasteiger partial charge in [-0.1, -0.05) is 42.8 Å². The van der Waals surface area contributed by atoms with Crippen molar-refractivity contribution in [1.82, 2.24) is 4.90 Å². The zero-order chi connectivity index (χ0) is 26.0. The van der Waals surface area contributed by atoms with E-state index in [0.29, 0.717) is 24.9 Å². The van der Waals surface area contributed by atoms with Gasteiger partial charge >= 0.3 is 5.97 Å². The molecule has 200 valence electrons. The highest BCUT2D eigenvalue weighted by Crippen LogP contribution is 2.38. The molecule has 0 spiro atoms. The van der Waals surface area contributed by atoms with Crippen LogP contribution >= 0.6 is 0 Å². The molecule has 2 aromatic rings. The number of aliphatic carboxylic acids is 1. The standard InChI is InChI=1S/C29H38N2O6/c32-20-21-8-10-22(11-9-21)26-18-25(19-31-16-4-1-5-17-31)36-29(37-26)23-12-14-24(15-13-23)30-27(33)6-2-3-7-28(34)35/h8-15,25-26,29,32H,1-7,16-20H2,(H,30,33)(H,34,35). The van der Waals surface area contributed by atoms with Crippen molar-refractivity contribution in [2.24, 2.45) is 0 Å². The minimum absolute atomic E-state index is 0.0142. The molecular weight excluding hydrogens is 472 g/mol. The largest absolute Gasteiger partial charge is 0.481 e. The number of rotatable bonds is 11. The summed E-state index contributed by atoms with van der Waals surface area (Å²) >= 11 is 0. The number of hydrogen-bond acceptors (Lipinski definition) is 6. The number of ether oxygens (including phenoxy) is 2. The van der Waals surface area contributed by atoms with Crippen LogP contribution in [0.25, 0.3) is 0 Å². The van der Waals surface area contributed by atoms with Crippen LogP contribution in [0.4, 0.5) is 5.69 Å². The van der Waals surface area contributed by atoms with Crippen LogP contribution in [-0.2, 0) is 25.7 Å². The Bertz CT molecular complexity index is 1000. The molecule has 3 unspecified atom stereocenters. The second-order valence-electron chi connectivity index (χ2n) is 9.98. The number of aliphatic hydroxyl groups is 1. The maximum Gasteiger partial charge on any atom is 0.303 e. The second-order valence-corrected chi connectivity index (χ2v) is 9.98. The maximum absolute atomic E-state index is 12.2. The molecule has 2 aliphatic heterocycles. The first-order valence-electron chi connectivity index (χ1n) is 13.3. The second kappa shape index (κ2) is 13.7. The van der Waals surface area contributed by atoms with Gasteiger partial charge < -0.3 is 29.9 Å². The molecule has 8 nitrogen and oxygen atoms in total. The Morgan fingerprint density at radius 1 is 0.892 bits per heavy atom. The van der Waals surface area contributed by atoms with Gasteiger partial charge in [-0.05, 0) is 62.0 Å². The number of carboxylic acid groups (broad SMARTS) is 1. The van der Waals surface area contributed by atoms with Gasteiger partial charge in [0.05, 0.1) is 18.8 Å².